The van der Waals surface area contributed by atoms with Gasteiger partial charge in [0, 0.05) is 24.4 Å². The van der Waals surface area contributed by atoms with Crippen LogP contribution in [0.5, 0.6) is 11.5 Å². The van der Waals surface area contributed by atoms with E-state index in [9.17, 15) is 0 Å². The van der Waals surface area contributed by atoms with Crippen molar-refractivity contribution in [2.45, 2.75) is 39.0 Å². The first kappa shape index (κ1) is 19.0. The van der Waals surface area contributed by atoms with Crippen LogP contribution in [0.2, 0.25) is 0 Å². The number of ether oxygens (including phenoxy) is 2. The highest BCUT2D eigenvalue weighted by Gasteiger charge is 2.09. The van der Waals surface area contributed by atoms with Crippen molar-refractivity contribution in [3.63, 3.8) is 0 Å². The summed E-state index contributed by atoms with van der Waals surface area (Å²) >= 11 is 0. The number of benzene rings is 1. The summed E-state index contributed by atoms with van der Waals surface area (Å²) < 4.78 is 10.7. The second kappa shape index (κ2) is 9.26. The second-order valence-electron chi connectivity index (χ2n) is 6.69. The summed E-state index contributed by atoms with van der Waals surface area (Å²) in [7, 11) is 3.27. The van der Waals surface area contributed by atoms with Crippen molar-refractivity contribution in [3.05, 3.63) is 41.6 Å². The molecule has 0 radical (unpaired) electrons. The predicted molar refractivity (Wildman–Crippen MR) is 109 cm³/mol. The Morgan fingerprint density at radius 1 is 1.07 bits per heavy atom. The quantitative estimate of drug-likeness (QED) is 0.649. The third kappa shape index (κ3) is 5.36. The molecule has 1 aromatic carbocycles. The van der Waals surface area contributed by atoms with Crippen LogP contribution in [-0.4, -0.2) is 30.7 Å². The van der Waals surface area contributed by atoms with E-state index in [-0.39, 0.29) is 0 Å². The summed E-state index contributed by atoms with van der Waals surface area (Å²) in [5.41, 5.74) is 3.22. The van der Waals surface area contributed by atoms with E-state index in [0.29, 0.717) is 11.7 Å². The van der Waals surface area contributed by atoms with Gasteiger partial charge < -0.3 is 20.1 Å². The fourth-order valence-electron chi connectivity index (χ4n) is 3.23. The van der Waals surface area contributed by atoms with E-state index in [0.717, 1.165) is 35.9 Å². The Morgan fingerprint density at radius 3 is 2.70 bits per heavy atom. The number of rotatable bonds is 8. The lowest BCUT2D eigenvalue weighted by molar-refractivity contribution is 0.405. The van der Waals surface area contributed by atoms with Crippen LogP contribution < -0.4 is 20.1 Å². The lowest BCUT2D eigenvalue weighted by atomic mass is 9.97. The molecular formula is C21H28N4O2. The van der Waals surface area contributed by atoms with Crippen LogP contribution in [0.1, 0.15) is 37.8 Å². The number of aromatic nitrogens is 2. The minimum atomic E-state index is 0.529. The van der Waals surface area contributed by atoms with E-state index >= 15 is 0 Å². The molecule has 0 fully saturated rings. The number of aryl methyl sites for hydroxylation is 1. The van der Waals surface area contributed by atoms with Crippen LogP contribution in [0.4, 0.5) is 17.5 Å². The van der Waals surface area contributed by atoms with Crippen LogP contribution >= 0.6 is 0 Å². The molecule has 3 rings (SSSR count). The molecule has 0 unspecified atom stereocenters. The second-order valence-corrected chi connectivity index (χ2v) is 6.69. The predicted octanol–water partition coefficient (Wildman–Crippen LogP) is 4.85. The Bertz CT molecular complexity index is 805. The maximum atomic E-state index is 5.41. The molecule has 0 atom stereocenters. The lowest BCUT2D eigenvalue weighted by Gasteiger charge is -2.15. The standard InChI is InChI=1S/C21H28N4O2/c1-15-13-20(22-12-11-16-7-5-4-6-8-16)25-21(23-15)24-18-14-17(26-2)9-10-19(18)27-3/h7,9-10,13-14H,4-6,8,11-12H2,1-3H3,(H2,22,23,24,25). The molecule has 2 N–H and O–H groups in total. The van der Waals surface area contributed by atoms with Gasteiger partial charge in [-0.25, -0.2) is 4.98 Å². The Balaban J connectivity index is 1.69. The average Bonchev–Trinajstić information content (AvgIpc) is 2.68. The number of nitrogens with zero attached hydrogens (tertiary/aromatic N) is 2. The molecule has 0 spiro atoms. The highest BCUT2D eigenvalue weighted by atomic mass is 16.5. The Labute approximate surface area is 161 Å². The van der Waals surface area contributed by atoms with Crippen molar-refractivity contribution >= 4 is 17.5 Å². The molecule has 2 aromatic rings. The summed E-state index contributed by atoms with van der Waals surface area (Å²) in [5.74, 6) is 2.80. The van der Waals surface area contributed by atoms with E-state index in [1.165, 1.54) is 25.7 Å². The van der Waals surface area contributed by atoms with E-state index in [1.54, 1.807) is 19.8 Å². The summed E-state index contributed by atoms with van der Waals surface area (Å²) in [6.45, 7) is 2.84. The number of methoxy groups -OCH3 is 2. The zero-order valence-corrected chi connectivity index (χ0v) is 16.3. The molecular weight excluding hydrogens is 340 g/mol. The molecule has 144 valence electrons. The van der Waals surface area contributed by atoms with Gasteiger partial charge in [0.1, 0.15) is 17.3 Å². The largest absolute Gasteiger partial charge is 0.497 e. The third-order valence-corrected chi connectivity index (χ3v) is 4.64. The van der Waals surface area contributed by atoms with E-state index < -0.39 is 0 Å². The van der Waals surface area contributed by atoms with Crippen LogP contribution in [0.25, 0.3) is 0 Å². The summed E-state index contributed by atoms with van der Waals surface area (Å²) in [4.78, 5) is 9.08. The summed E-state index contributed by atoms with van der Waals surface area (Å²) in [5, 5.41) is 6.66. The maximum absolute atomic E-state index is 5.41. The van der Waals surface area contributed by atoms with Gasteiger partial charge in [0.2, 0.25) is 5.95 Å². The Hall–Kier alpha value is -2.76. The zero-order valence-electron chi connectivity index (χ0n) is 16.3. The van der Waals surface area contributed by atoms with Gasteiger partial charge in [-0.2, -0.15) is 4.98 Å². The van der Waals surface area contributed by atoms with Gasteiger partial charge in [-0.15, -0.1) is 0 Å². The molecule has 0 saturated carbocycles. The van der Waals surface area contributed by atoms with Crippen LogP contribution in [0, 0.1) is 6.92 Å². The minimum absolute atomic E-state index is 0.529. The summed E-state index contributed by atoms with van der Waals surface area (Å²) in [6, 6.07) is 7.54. The highest BCUT2D eigenvalue weighted by Crippen LogP contribution is 2.31. The van der Waals surface area contributed by atoms with E-state index in [1.807, 2.05) is 31.2 Å². The molecule has 6 heteroatoms. The van der Waals surface area contributed by atoms with Crippen LogP contribution in [0.3, 0.4) is 0 Å². The topological polar surface area (TPSA) is 68.3 Å². The van der Waals surface area contributed by atoms with Gasteiger partial charge in [0.25, 0.3) is 0 Å². The number of nitrogens with one attached hydrogen (secondary N) is 2. The van der Waals surface area contributed by atoms with Crippen molar-refractivity contribution < 1.29 is 9.47 Å². The first-order chi connectivity index (χ1) is 13.2. The zero-order chi connectivity index (χ0) is 19.1. The molecule has 1 heterocycles. The number of allylic oxidation sites excluding steroid dienone is 1. The van der Waals surface area contributed by atoms with Gasteiger partial charge in [0.15, 0.2) is 0 Å². The van der Waals surface area contributed by atoms with Crippen LogP contribution in [0.15, 0.2) is 35.9 Å². The molecule has 0 saturated heterocycles. The van der Waals surface area contributed by atoms with E-state index in [2.05, 4.69) is 26.7 Å². The number of hydrogen-bond donors (Lipinski definition) is 2. The van der Waals surface area contributed by atoms with Crippen molar-refractivity contribution in [2.75, 3.05) is 31.4 Å². The first-order valence-electron chi connectivity index (χ1n) is 9.44. The molecule has 0 aliphatic heterocycles. The average molecular weight is 368 g/mol. The van der Waals surface area contributed by atoms with Crippen molar-refractivity contribution in [2.24, 2.45) is 0 Å². The monoisotopic (exact) mass is 368 g/mol. The smallest absolute Gasteiger partial charge is 0.229 e. The van der Waals surface area contributed by atoms with E-state index in [4.69, 9.17) is 9.47 Å². The van der Waals surface area contributed by atoms with Crippen molar-refractivity contribution in [1.82, 2.24) is 9.97 Å². The minimum Gasteiger partial charge on any atom is -0.497 e. The normalized spacial score (nSPS) is 13.7. The fraction of sp³-hybridized carbons (Fsp3) is 0.429. The molecule has 0 bridgehead atoms. The first-order valence-corrected chi connectivity index (χ1v) is 9.44. The molecule has 6 nitrogen and oxygen atoms in total. The highest BCUT2D eigenvalue weighted by molar-refractivity contribution is 5.65. The van der Waals surface area contributed by atoms with Gasteiger partial charge in [-0.3, -0.25) is 0 Å². The molecule has 1 aliphatic rings. The van der Waals surface area contributed by atoms with Crippen molar-refractivity contribution in [3.8, 4) is 11.5 Å². The van der Waals surface area contributed by atoms with Gasteiger partial charge >= 0.3 is 0 Å². The van der Waals surface area contributed by atoms with Gasteiger partial charge in [-0.05, 0) is 51.2 Å². The number of anilines is 3. The molecule has 1 aromatic heterocycles. The fourth-order valence-corrected chi connectivity index (χ4v) is 3.23. The Morgan fingerprint density at radius 2 is 1.96 bits per heavy atom. The molecule has 27 heavy (non-hydrogen) atoms. The summed E-state index contributed by atoms with van der Waals surface area (Å²) in [6.07, 6.45) is 8.54. The van der Waals surface area contributed by atoms with Crippen molar-refractivity contribution in [1.29, 1.82) is 0 Å². The molecule has 1 aliphatic carbocycles. The lowest BCUT2D eigenvalue weighted by Crippen LogP contribution is -2.08. The SMILES string of the molecule is COc1ccc(OC)c(Nc2nc(C)cc(NCCC3=CCCCC3)n2)c1. The number of hydrogen-bond acceptors (Lipinski definition) is 6. The molecule has 0 amide bonds. The third-order valence-electron chi connectivity index (χ3n) is 4.64. The van der Waals surface area contributed by atoms with Gasteiger partial charge in [0.05, 0.1) is 19.9 Å². The van der Waals surface area contributed by atoms with Gasteiger partial charge in [-0.1, -0.05) is 11.6 Å². The van der Waals surface area contributed by atoms with Crippen LogP contribution in [-0.2, 0) is 0 Å². The Kier molecular flexibility index (Phi) is 6.52. The maximum Gasteiger partial charge on any atom is 0.229 e.